The molecular formula is C24H23ClN2O5. The number of carboxylic acid groups (broad SMARTS) is 1. The number of rotatable bonds is 7. The molecule has 1 aliphatic rings. The fourth-order valence-electron chi connectivity index (χ4n) is 4.01. The molecule has 0 bridgehead atoms. The summed E-state index contributed by atoms with van der Waals surface area (Å²) in [6.45, 7) is 3.27. The van der Waals surface area contributed by atoms with Crippen molar-refractivity contribution in [3.63, 3.8) is 0 Å². The van der Waals surface area contributed by atoms with Gasteiger partial charge in [-0.15, -0.1) is 0 Å². The van der Waals surface area contributed by atoms with Gasteiger partial charge in [0.2, 0.25) is 5.60 Å². The summed E-state index contributed by atoms with van der Waals surface area (Å²) in [7, 11) is 0. The molecule has 0 aromatic heterocycles. The maximum Gasteiger partial charge on any atom is 0.351 e. The molecule has 0 amide bonds. The van der Waals surface area contributed by atoms with E-state index in [-0.39, 0.29) is 18.6 Å². The van der Waals surface area contributed by atoms with Crippen LogP contribution < -0.4 is 10.1 Å². The number of ether oxygens (including phenoxy) is 2. The molecule has 0 saturated heterocycles. The number of nitriles is 1. The van der Waals surface area contributed by atoms with Crippen LogP contribution in [0.3, 0.4) is 0 Å². The van der Waals surface area contributed by atoms with Gasteiger partial charge in [0.05, 0.1) is 30.0 Å². The molecule has 8 heteroatoms. The van der Waals surface area contributed by atoms with Crippen molar-refractivity contribution in [2.24, 2.45) is 0 Å². The fraction of sp³-hybridized carbons (Fsp3) is 0.292. The van der Waals surface area contributed by atoms with Crippen LogP contribution >= 0.6 is 11.6 Å². The highest BCUT2D eigenvalue weighted by molar-refractivity contribution is 6.30. The van der Waals surface area contributed by atoms with Gasteiger partial charge in [-0.2, -0.15) is 5.26 Å². The highest BCUT2D eigenvalue weighted by atomic mass is 35.5. The largest absolute Gasteiger partial charge is 0.478 e. The molecule has 0 spiro atoms. The van der Waals surface area contributed by atoms with E-state index in [1.165, 1.54) is 0 Å². The summed E-state index contributed by atoms with van der Waals surface area (Å²) in [5, 5.41) is 22.8. The summed E-state index contributed by atoms with van der Waals surface area (Å²) < 4.78 is 11.5. The molecule has 3 atom stereocenters. The molecular weight excluding hydrogens is 432 g/mol. The topological polar surface area (TPSA) is 109 Å². The van der Waals surface area contributed by atoms with Crippen molar-refractivity contribution < 1.29 is 24.2 Å². The first-order valence-corrected chi connectivity index (χ1v) is 10.4. The van der Waals surface area contributed by atoms with E-state index >= 15 is 0 Å². The Labute approximate surface area is 191 Å². The first-order valence-electron chi connectivity index (χ1n) is 10.1. The van der Waals surface area contributed by atoms with E-state index in [4.69, 9.17) is 26.3 Å². The minimum atomic E-state index is -1.89. The number of esters is 1. The molecule has 32 heavy (non-hydrogen) atoms. The van der Waals surface area contributed by atoms with Crippen LogP contribution in [0.2, 0.25) is 5.02 Å². The van der Waals surface area contributed by atoms with Crippen LogP contribution in [0.5, 0.6) is 5.75 Å². The number of aliphatic carboxylic acids is 1. The molecule has 3 unspecified atom stereocenters. The third-order valence-corrected chi connectivity index (χ3v) is 5.65. The number of carboxylic acids is 1. The van der Waals surface area contributed by atoms with Crippen LogP contribution in [0.4, 0.5) is 0 Å². The number of allylic oxidation sites excluding steroid dienone is 1. The number of hydrogen-bond donors (Lipinski definition) is 2. The maximum atomic E-state index is 13.1. The van der Waals surface area contributed by atoms with E-state index in [0.717, 1.165) is 0 Å². The summed E-state index contributed by atoms with van der Waals surface area (Å²) in [6.07, 6.45) is 0.0221. The summed E-state index contributed by atoms with van der Waals surface area (Å²) in [5.74, 6) is -2.66. The smallest absolute Gasteiger partial charge is 0.351 e. The zero-order valence-corrected chi connectivity index (χ0v) is 18.4. The molecule has 2 aromatic rings. The van der Waals surface area contributed by atoms with Gasteiger partial charge in [-0.05, 0) is 43.7 Å². The summed E-state index contributed by atoms with van der Waals surface area (Å²) in [6, 6.07) is 16.4. The third kappa shape index (κ3) is 4.41. The van der Waals surface area contributed by atoms with Crippen molar-refractivity contribution in [1.82, 2.24) is 5.32 Å². The highest BCUT2D eigenvalue weighted by Gasteiger charge is 2.59. The van der Waals surface area contributed by atoms with E-state index in [1.807, 2.05) is 6.07 Å². The van der Waals surface area contributed by atoms with Crippen LogP contribution in [-0.4, -0.2) is 35.3 Å². The number of nitrogens with zero attached hydrogens (tertiary/aromatic N) is 1. The van der Waals surface area contributed by atoms with Crippen molar-refractivity contribution in [1.29, 1.82) is 5.26 Å². The SMILES string of the molecule is CC1=C(C(=O)OCCC#N)C(c2cccc(Cl)c2)C(Oc2ccccc2)(C(=O)O)C(C)N1. The quantitative estimate of drug-likeness (QED) is 0.479. The zero-order valence-electron chi connectivity index (χ0n) is 17.7. The van der Waals surface area contributed by atoms with Crippen LogP contribution in [0.25, 0.3) is 0 Å². The molecule has 2 aromatic carbocycles. The number of para-hydroxylation sites is 1. The lowest BCUT2D eigenvalue weighted by Crippen LogP contribution is -2.65. The van der Waals surface area contributed by atoms with E-state index in [0.29, 0.717) is 22.0 Å². The number of halogens is 1. The number of hydrogen-bond acceptors (Lipinski definition) is 6. The Morgan fingerprint density at radius 1 is 1.22 bits per heavy atom. The average molecular weight is 455 g/mol. The Bertz CT molecular complexity index is 1080. The van der Waals surface area contributed by atoms with Crippen LogP contribution in [0, 0.1) is 11.3 Å². The van der Waals surface area contributed by atoms with E-state index in [1.54, 1.807) is 68.4 Å². The minimum absolute atomic E-state index is 0.0221. The Kier molecular flexibility index (Phi) is 7.06. The predicted octanol–water partition coefficient (Wildman–Crippen LogP) is 4.05. The van der Waals surface area contributed by atoms with Gasteiger partial charge in [0.25, 0.3) is 0 Å². The summed E-state index contributed by atoms with van der Waals surface area (Å²) in [5.41, 5.74) is -0.815. The molecule has 3 rings (SSSR count). The van der Waals surface area contributed by atoms with E-state index in [2.05, 4.69) is 5.32 Å². The van der Waals surface area contributed by atoms with E-state index < -0.39 is 29.5 Å². The van der Waals surface area contributed by atoms with E-state index in [9.17, 15) is 14.7 Å². The normalized spacial score (nSPS) is 22.4. The van der Waals surface area contributed by atoms with Gasteiger partial charge in [-0.3, -0.25) is 0 Å². The molecule has 1 aliphatic heterocycles. The summed E-state index contributed by atoms with van der Waals surface area (Å²) >= 11 is 6.23. The molecule has 7 nitrogen and oxygen atoms in total. The number of carbonyl (C=O) groups excluding carboxylic acids is 1. The Morgan fingerprint density at radius 2 is 1.94 bits per heavy atom. The van der Waals surface area contributed by atoms with Crippen molar-refractivity contribution in [3.8, 4) is 11.8 Å². The number of benzene rings is 2. The molecule has 2 N–H and O–H groups in total. The molecule has 166 valence electrons. The van der Waals surface area contributed by atoms with Crippen LogP contribution in [-0.2, 0) is 14.3 Å². The maximum absolute atomic E-state index is 13.1. The second-order valence-electron chi connectivity index (χ2n) is 7.45. The monoisotopic (exact) mass is 454 g/mol. The van der Waals surface area contributed by atoms with Gasteiger partial charge in [0.15, 0.2) is 0 Å². The molecule has 0 fully saturated rings. The Balaban J connectivity index is 2.22. The zero-order chi connectivity index (χ0) is 23.3. The van der Waals surface area contributed by atoms with Gasteiger partial charge in [-0.25, -0.2) is 9.59 Å². The summed E-state index contributed by atoms with van der Waals surface area (Å²) in [4.78, 5) is 26.0. The molecule has 1 heterocycles. The van der Waals surface area contributed by atoms with Gasteiger partial charge in [0.1, 0.15) is 12.4 Å². The second-order valence-corrected chi connectivity index (χ2v) is 7.89. The van der Waals surface area contributed by atoms with Crippen LogP contribution in [0.15, 0.2) is 65.9 Å². The fourth-order valence-corrected chi connectivity index (χ4v) is 4.21. The number of carbonyl (C=O) groups is 2. The predicted molar refractivity (Wildman–Crippen MR) is 118 cm³/mol. The van der Waals surface area contributed by atoms with Crippen molar-refractivity contribution in [2.45, 2.75) is 37.8 Å². The second kappa shape index (κ2) is 9.75. The van der Waals surface area contributed by atoms with Crippen molar-refractivity contribution in [3.05, 3.63) is 76.5 Å². The number of nitrogens with one attached hydrogen (secondary N) is 1. The third-order valence-electron chi connectivity index (χ3n) is 5.41. The Hall–Kier alpha value is -3.50. The van der Waals surface area contributed by atoms with Crippen molar-refractivity contribution in [2.75, 3.05) is 6.61 Å². The Morgan fingerprint density at radius 3 is 2.56 bits per heavy atom. The van der Waals surface area contributed by atoms with Gasteiger partial charge in [0, 0.05) is 10.7 Å². The molecule has 0 radical (unpaired) electrons. The van der Waals surface area contributed by atoms with Crippen LogP contribution in [0.1, 0.15) is 31.7 Å². The minimum Gasteiger partial charge on any atom is -0.478 e. The lowest BCUT2D eigenvalue weighted by Gasteiger charge is -2.46. The lowest BCUT2D eigenvalue weighted by molar-refractivity contribution is -0.161. The van der Waals surface area contributed by atoms with Gasteiger partial charge < -0.3 is 19.9 Å². The molecule has 0 aliphatic carbocycles. The first kappa shape index (κ1) is 23.2. The lowest BCUT2D eigenvalue weighted by atomic mass is 9.70. The molecule has 0 saturated carbocycles. The van der Waals surface area contributed by atoms with Gasteiger partial charge >= 0.3 is 11.9 Å². The standard InChI is InChI=1S/C24H23ClN2O5/c1-15-20(22(28)31-13-7-12-26)21(17-8-6-9-18(25)14-17)24(23(29)30,16(2)27-15)32-19-10-4-3-5-11-19/h3-6,8-11,14,16,21,27H,7,13H2,1-2H3,(H,29,30). The highest BCUT2D eigenvalue weighted by Crippen LogP contribution is 2.45. The first-order chi connectivity index (χ1) is 15.3. The average Bonchev–Trinajstić information content (AvgIpc) is 2.76. The van der Waals surface area contributed by atoms with Crippen molar-refractivity contribution >= 4 is 23.5 Å². The van der Waals surface area contributed by atoms with Gasteiger partial charge in [-0.1, -0.05) is 41.9 Å².